The summed E-state index contributed by atoms with van der Waals surface area (Å²) in [5.41, 5.74) is 4.03. The fraction of sp³-hybridized carbons (Fsp3) is 0.208. The number of pyridine rings is 1. The van der Waals surface area contributed by atoms with Crippen molar-refractivity contribution < 1.29 is 18.9 Å². The van der Waals surface area contributed by atoms with Gasteiger partial charge in [0.05, 0.1) is 24.6 Å². The summed E-state index contributed by atoms with van der Waals surface area (Å²) < 4.78 is 7.41. The fourth-order valence-electron chi connectivity index (χ4n) is 5.48. The maximum atomic E-state index is 13.6. The highest BCUT2D eigenvalue weighted by Gasteiger charge is 2.66. The molecule has 2 amide bonds. The van der Waals surface area contributed by atoms with Gasteiger partial charge in [0.2, 0.25) is 11.8 Å². The van der Waals surface area contributed by atoms with E-state index in [1.54, 1.807) is 31.4 Å². The lowest BCUT2D eigenvalue weighted by Gasteiger charge is -2.40. The molecular weight excluding hydrogens is 364 g/mol. The number of rotatable bonds is 2. The Morgan fingerprint density at radius 2 is 1.52 bits per heavy atom. The van der Waals surface area contributed by atoms with Crippen LogP contribution in [0.3, 0.4) is 0 Å². The molecule has 5 nitrogen and oxygen atoms in total. The summed E-state index contributed by atoms with van der Waals surface area (Å²) in [7, 11) is 1.60. The molecule has 0 radical (unpaired) electrons. The van der Waals surface area contributed by atoms with Gasteiger partial charge in [-0.3, -0.25) is 9.59 Å². The van der Waals surface area contributed by atoms with Crippen LogP contribution in [0.4, 0.5) is 5.69 Å². The van der Waals surface area contributed by atoms with Crippen LogP contribution in [-0.2, 0) is 9.59 Å². The smallest absolute Gasteiger partial charge is 0.244 e. The van der Waals surface area contributed by atoms with Crippen molar-refractivity contribution in [2.75, 3.05) is 12.0 Å². The summed E-state index contributed by atoms with van der Waals surface area (Å²) in [6.07, 6.45) is 2.03. The maximum Gasteiger partial charge on any atom is 0.244 e. The Kier molecular flexibility index (Phi) is 3.28. The summed E-state index contributed by atoms with van der Waals surface area (Å²) in [6, 6.07) is 21.3. The van der Waals surface area contributed by atoms with Crippen LogP contribution in [0.1, 0.15) is 28.8 Å². The molecule has 5 heteroatoms. The quantitative estimate of drug-likeness (QED) is 0.505. The number of methoxy groups -OCH3 is 1. The number of ether oxygens (including phenoxy) is 1. The van der Waals surface area contributed by atoms with Gasteiger partial charge in [-0.25, -0.2) is 4.90 Å². The number of hydrogen-bond acceptors (Lipinski definition) is 3. The molecule has 142 valence electrons. The van der Waals surface area contributed by atoms with Crippen molar-refractivity contribution in [1.29, 1.82) is 0 Å². The van der Waals surface area contributed by atoms with Crippen LogP contribution in [0.25, 0.3) is 0 Å². The van der Waals surface area contributed by atoms with E-state index in [9.17, 15) is 9.59 Å². The van der Waals surface area contributed by atoms with Crippen LogP contribution >= 0.6 is 0 Å². The summed E-state index contributed by atoms with van der Waals surface area (Å²) in [6.45, 7) is 0. The Morgan fingerprint density at radius 3 is 2.28 bits per heavy atom. The van der Waals surface area contributed by atoms with Gasteiger partial charge in [-0.05, 0) is 29.8 Å². The zero-order chi connectivity index (χ0) is 19.7. The zero-order valence-corrected chi connectivity index (χ0v) is 15.9. The molecule has 0 saturated carbocycles. The highest BCUT2D eigenvalue weighted by Crippen LogP contribution is 2.55. The first kappa shape index (κ1) is 16.5. The molecule has 1 aromatic heterocycles. The number of anilines is 1. The molecule has 0 unspecified atom stereocenters. The normalized spacial score (nSPS) is 26.2. The minimum absolute atomic E-state index is 0.107. The van der Waals surface area contributed by atoms with E-state index in [0.717, 1.165) is 11.3 Å². The Labute approximate surface area is 168 Å². The number of aromatic nitrogens is 1. The minimum Gasteiger partial charge on any atom is -0.497 e. The number of imide groups is 1. The predicted octanol–water partition coefficient (Wildman–Crippen LogP) is 2.84. The van der Waals surface area contributed by atoms with Crippen LogP contribution in [0, 0.1) is 11.8 Å². The molecule has 4 atom stereocenters. The number of nitrogens with zero attached hydrogens (tertiary/aromatic N) is 2. The standard InChI is InChI=1S/C24H19N2O3/c1-29-15-11-9-14(10-12-15)26-23(27)20-19-16-6-2-3-7-17(16)22(21(20)24(26)28)25-13-5-4-8-18(19)25/h2-13,19-22H,1H3/q+1/t19-,20-,21+,22-/m0/s1. The summed E-state index contributed by atoms with van der Waals surface area (Å²) in [5.74, 6) is -0.388. The minimum atomic E-state index is -0.385. The largest absolute Gasteiger partial charge is 0.497 e. The topological polar surface area (TPSA) is 50.5 Å². The number of carbonyl (C=O) groups excluding carboxylic acids is 2. The lowest BCUT2D eigenvalue weighted by atomic mass is 9.63. The monoisotopic (exact) mass is 383 g/mol. The third-order valence-corrected chi connectivity index (χ3v) is 6.62. The van der Waals surface area contributed by atoms with Crippen LogP contribution in [0.5, 0.6) is 5.75 Å². The maximum absolute atomic E-state index is 13.6. The van der Waals surface area contributed by atoms with Crippen LogP contribution in [0.2, 0.25) is 0 Å². The molecule has 0 spiro atoms. The zero-order valence-electron chi connectivity index (χ0n) is 15.9. The van der Waals surface area contributed by atoms with Crippen molar-refractivity contribution in [2.45, 2.75) is 12.0 Å². The molecule has 2 aromatic carbocycles. The Bertz CT molecular complexity index is 1060. The van der Waals surface area contributed by atoms with Gasteiger partial charge in [0.25, 0.3) is 0 Å². The van der Waals surface area contributed by atoms with Crippen LogP contribution in [-0.4, -0.2) is 18.9 Å². The molecule has 29 heavy (non-hydrogen) atoms. The van der Waals surface area contributed by atoms with Crippen molar-refractivity contribution in [1.82, 2.24) is 0 Å². The van der Waals surface area contributed by atoms with E-state index in [2.05, 4.69) is 22.8 Å². The lowest BCUT2D eigenvalue weighted by Crippen LogP contribution is -2.59. The third-order valence-electron chi connectivity index (χ3n) is 6.62. The highest BCUT2D eigenvalue weighted by molar-refractivity contribution is 6.23. The molecule has 1 saturated heterocycles. The molecule has 7 rings (SSSR count). The van der Waals surface area contributed by atoms with E-state index in [4.69, 9.17) is 4.74 Å². The van der Waals surface area contributed by atoms with Crippen LogP contribution < -0.4 is 14.2 Å². The molecule has 1 aliphatic carbocycles. The molecule has 2 bridgehead atoms. The van der Waals surface area contributed by atoms with E-state index in [1.165, 1.54) is 10.5 Å². The van der Waals surface area contributed by atoms with E-state index in [0.29, 0.717) is 11.4 Å². The number of benzene rings is 2. The molecule has 4 heterocycles. The third kappa shape index (κ3) is 2.02. The lowest BCUT2D eigenvalue weighted by molar-refractivity contribution is -0.736. The average Bonchev–Trinajstić information content (AvgIpc) is 3.04. The first-order chi connectivity index (χ1) is 14.2. The second-order valence-electron chi connectivity index (χ2n) is 7.85. The molecule has 3 aromatic rings. The molecule has 1 fully saturated rings. The van der Waals surface area contributed by atoms with Gasteiger partial charge >= 0.3 is 0 Å². The van der Waals surface area contributed by atoms with Crippen molar-refractivity contribution in [3.8, 4) is 5.75 Å². The van der Waals surface area contributed by atoms with Crippen molar-refractivity contribution >= 4 is 17.5 Å². The van der Waals surface area contributed by atoms with Gasteiger partial charge in [0, 0.05) is 17.7 Å². The SMILES string of the molecule is COc1ccc(N2C(=O)[C@@H]3[C@@H](C2=O)[C@H]2c4ccccc4[C@@H]3[n+]3ccccc32)cc1. The Hall–Kier alpha value is -3.47. The summed E-state index contributed by atoms with van der Waals surface area (Å²) in [5, 5.41) is 0. The van der Waals surface area contributed by atoms with Crippen molar-refractivity contribution in [3.63, 3.8) is 0 Å². The van der Waals surface area contributed by atoms with Gasteiger partial charge in [0.15, 0.2) is 17.9 Å². The number of carbonyl (C=O) groups is 2. The Balaban J connectivity index is 1.53. The summed E-state index contributed by atoms with van der Waals surface area (Å²) >= 11 is 0. The van der Waals surface area contributed by atoms with Gasteiger partial charge in [-0.15, -0.1) is 0 Å². The van der Waals surface area contributed by atoms with E-state index in [1.807, 2.05) is 30.5 Å². The van der Waals surface area contributed by atoms with Gasteiger partial charge in [0.1, 0.15) is 11.7 Å². The van der Waals surface area contributed by atoms with Gasteiger partial charge < -0.3 is 4.74 Å². The number of amides is 2. The van der Waals surface area contributed by atoms with Crippen LogP contribution in [0.15, 0.2) is 72.9 Å². The summed E-state index contributed by atoms with van der Waals surface area (Å²) in [4.78, 5) is 28.5. The molecule has 3 aliphatic heterocycles. The van der Waals surface area contributed by atoms with E-state index < -0.39 is 0 Å². The predicted molar refractivity (Wildman–Crippen MR) is 106 cm³/mol. The highest BCUT2D eigenvalue weighted by atomic mass is 16.5. The van der Waals surface area contributed by atoms with E-state index in [-0.39, 0.29) is 35.6 Å². The Morgan fingerprint density at radius 1 is 0.828 bits per heavy atom. The number of hydrogen-bond donors (Lipinski definition) is 0. The second-order valence-corrected chi connectivity index (χ2v) is 7.85. The van der Waals surface area contributed by atoms with Crippen molar-refractivity contribution in [3.05, 3.63) is 89.7 Å². The van der Waals surface area contributed by atoms with Crippen molar-refractivity contribution in [2.24, 2.45) is 11.8 Å². The molecular formula is C24H19N2O3+. The first-order valence-electron chi connectivity index (χ1n) is 9.81. The van der Waals surface area contributed by atoms with Gasteiger partial charge in [-0.2, -0.15) is 4.57 Å². The molecule has 4 aliphatic rings. The fourth-order valence-corrected chi connectivity index (χ4v) is 5.48. The van der Waals surface area contributed by atoms with E-state index >= 15 is 0 Å². The second kappa shape index (κ2) is 5.77. The molecule has 0 N–H and O–H groups in total. The average molecular weight is 383 g/mol. The first-order valence-corrected chi connectivity index (χ1v) is 9.81. The van der Waals surface area contributed by atoms with Gasteiger partial charge in [-0.1, -0.05) is 30.3 Å².